The van der Waals surface area contributed by atoms with E-state index in [9.17, 15) is 13.2 Å². The summed E-state index contributed by atoms with van der Waals surface area (Å²) in [5.41, 5.74) is 2.04. The summed E-state index contributed by atoms with van der Waals surface area (Å²) in [5.74, 6) is -0.548. The van der Waals surface area contributed by atoms with Gasteiger partial charge in [-0.3, -0.25) is 4.79 Å². The zero-order chi connectivity index (χ0) is 19.3. The number of tetrazole rings is 1. The van der Waals surface area contributed by atoms with Gasteiger partial charge in [0.15, 0.2) is 0 Å². The van der Waals surface area contributed by atoms with Crippen LogP contribution in [0.15, 0.2) is 60.9 Å². The fourth-order valence-electron chi connectivity index (χ4n) is 2.60. The topological polar surface area (TPSA) is 133 Å². The van der Waals surface area contributed by atoms with Crippen LogP contribution in [0.3, 0.4) is 0 Å². The first-order valence-corrected chi connectivity index (χ1v) is 9.79. The highest BCUT2D eigenvalue weighted by Gasteiger charge is 2.22. The average Bonchev–Trinajstić information content (AvgIpc) is 3.15. The first-order chi connectivity index (χ1) is 12.9. The molecule has 3 N–H and O–H groups in total. The third-order valence-corrected chi connectivity index (χ3v) is 4.58. The van der Waals surface area contributed by atoms with Gasteiger partial charge in [-0.15, -0.1) is 5.10 Å². The van der Waals surface area contributed by atoms with Gasteiger partial charge in [-0.1, -0.05) is 42.5 Å². The summed E-state index contributed by atoms with van der Waals surface area (Å²) in [6.45, 7) is 0. The fraction of sp³-hybridized carbons (Fsp3) is 0.176. The molecule has 1 heterocycles. The molecule has 1 amide bonds. The van der Waals surface area contributed by atoms with Gasteiger partial charge in [0.1, 0.15) is 12.4 Å². The van der Waals surface area contributed by atoms with Crippen molar-refractivity contribution in [2.24, 2.45) is 5.14 Å². The third-order valence-electron chi connectivity index (χ3n) is 3.85. The predicted octanol–water partition coefficient (Wildman–Crippen LogP) is 0.884. The van der Waals surface area contributed by atoms with Crippen LogP contribution in [0, 0.1) is 0 Å². The van der Waals surface area contributed by atoms with Crippen molar-refractivity contribution in [2.75, 3.05) is 5.32 Å². The van der Waals surface area contributed by atoms with Crippen molar-refractivity contribution in [3.63, 3.8) is 0 Å². The lowest BCUT2D eigenvalue weighted by molar-refractivity contribution is -0.119. The van der Waals surface area contributed by atoms with E-state index in [1.807, 2.05) is 30.3 Å². The zero-order valence-corrected chi connectivity index (χ0v) is 15.1. The summed E-state index contributed by atoms with van der Waals surface area (Å²) in [4.78, 5) is 12.8. The van der Waals surface area contributed by atoms with Crippen molar-refractivity contribution in [3.8, 4) is 0 Å². The number of nitrogens with one attached hydrogen (secondary N) is 1. The minimum absolute atomic E-state index is 0.261. The Morgan fingerprint density at radius 1 is 1.07 bits per heavy atom. The van der Waals surface area contributed by atoms with Crippen LogP contribution in [0.1, 0.15) is 17.2 Å². The van der Waals surface area contributed by atoms with E-state index in [4.69, 9.17) is 5.14 Å². The second kappa shape index (κ2) is 8.06. The number of sulfonamides is 1. The van der Waals surface area contributed by atoms with Gasteiger partial charge in [0.25, 0.3) is 0 Å². The molecule has 9 nitrogen and oxygen atoms in total. The van der Waals surface area contributed by atoms with Gasteiger partial charge in [0, 0.05) is 12.1 Å². The molecule has 0 aliphatic heterocycles. The molecular weight excluding hydrogens is 368 g/mol. The Labute approximate surface area is 156 Å². The number of aromatic nitrogens is 4. The molecule has 3 rings (SSSR count). The van der Waals surface area contributed by atoms with Crippen LogP contribution in [0.2, 0.25) is 0 Å². The van der Waals surface area contributed by atoms with E-state index in [1.54, 1.807) is 24.3 Å². The molecule has 0 spiro atoms. The number of amides is 1. The minimum atomic E-state index is -3.60. The van der Waals surface area contributed by atoms with E-state index in [-0.39, 0.29) is 11.7 Å². The fourth-order valence-corrected chi connectivity index (χ4v) is 3.25. The smallest absolute Gasteiger partial charge is 0.249 e. The Bertz CT molecular complexity index is 989. The van der Waals surface area contributed by atoms with Crippen LogP contribution in [0.25, 0.3) is 0 Å². The summed E-state index contributed by atoms with van der Waals surface area (Å²) < 4.78 is 23.7. The summed E-state index contributed by atoms with van der Waals surface area (Å²) in [6, 6.07) is 15.4. The third kappa shape index (κ3) is 5.43. The van der Waals surface area contributed by atoms with E-state index in [0.29, 0.717) is 17.7 Å². The molecule has 1 unspecified atom stereocenters. The molecular formula is C17H18N6O3S. The highest BCUT2D eigenvalue weighted by molar-refractivity contribution is 7.88. The molecule has 0 aliphatic carbocycles. The number of hydrogen-bond donors (Lipinski definition) is 2. The van der Waals surface area contributed by atoms with E-state index in [1.165, 1.54) is 11.0 Å². The average molecular weight is 386 g/mol. The Morgan fingerprint density at radius 2 is 1.78 bits per heavy atom. The SMILES string of the molecule is NS(=O)(=O)Cc1ccc(NC(=O)C(Cc2ccccc2)n2cnnn2)cc1. The van der Waals surface area contributed by atoms with Crippen molar-refractivity contribution in [1.29, 1.82) is 0 Å². The summed E-state index contributed by atoms with van der Waals surface area (Å²) in [7, 11) is -3.60. The van der Waals surface area contributed by atoms with Crippen molar-refractivity contribution in [1.82, 2.24) is 20.2 Å². The molecule has 3 aromatic rings. The predicted molar refractivity (Wildman–Crippen MR) is 98.9 cm³/mol. The molecule has 140 valence electrons. The maximum Gasteiger partial charge on any atom is 0.249 e. The quantitative estimate of drug-likeness (QED) is 0.619. The largest absolute Gasteiger partial charge is 0.324 e. The molecule has 0 saturated heterocycles. The Hall–Kier alpha value is -3.11. The Kier molecular flexibility index (Phi) is 5.57. The molecule has 27 heavy (non-hydrogen) atoms. The lowest BCUT2D eigenvalue weighted by Crippen LogP contribution is -2.28. The van der Waals surface area contributed by atoms with Gasteiger partial charge in [-0.2, -0.15) is 0 Å². The molecule has 0 radical (unpaired) electrons. The van der Waals surface area contributed by atoms with E-state index in [0.717, 1.165) is 5.56 Å². The van der Waals surface area contributed by atoms with E-state index < -0.39 is 16.1 Å². The number of carbonyl (C=O) groups is 1. The van der Waals surface area contributed by atoms with Crippen LogP contribution in [0.4, 0.5) is 5.69 Å². The van der Waals surface area contributed by atoms with Crippen LogP contribution >= 0.6 is 0 Å². The molecule has 1 aromatic heterocycles. The first-order valence-electron chi connectivity index (χ1n) is 8.07. The highest BCUT2D eigenvalue weighted by Crippen LogP contribution is 2.17. The number of benzene rings is 2. The van der Waals surface area contributed by atoms with Gasteiger partial charge < -0.3 is 5.32 Å². The molecule has 10 heteroatoms. The van der Waals surface area contributed by atoms with Crippen molar-refractivity contribution in [3.05, 3.63) is 72.1 Å². The monoisotopic (exact) mass is 386 g/mol. The van der Waals surface area contributed by atoms with Gasteiger partial charge >= 0.3 is 0 Å². The van der Waals surface area contributed by atoms with Crippen LogP contribution < -0.4 is 10.5 Å². The number of carbonyl (C=O) groups excluding carboxylic acids is 1. The summed E-state index contributed by atoms with van der Waals surface area (Å²) in [5, 5.41) is 18.9. The highest BCUT2D eigenvalue weighted by atomic mass is 32.2. The molecule has 1 atom stereocenters. The summed E-state index contributed by atoms with van der Waals surface area (Å²) >= 11 is 0. The van der Waals surface area contributed by atoms with Crippen molar-refractivity contribution < 1.29 is 13.2 Å². The number of rotatable bonds is 7. The van der Waals surface area contributed by atoms with Crippen LogP contribution in [-0.2, 0) is 27.0 Å². The maximum atomic E-state index is 12.8. The van der Waals surface area contributed by atoms with E-state index >= 15 is 0 Å². The second-order valence-corrected chi connectivity index (χ2v) is 7.60. The van der Waals surface area contributed by atoms with Crippen LogP contribution in [0.5, 0.6) is 0 Å². The molecule has 0 saturated carbocycles. The number of hydrogen-bond acceptors (Lipinski definition) is 6. The summed E-state index contributed by atoms with van der Waals surface area (Å²) in [6.07, 6.45) is 1.81. The van der Waals surface area contributed by atoms with Crippen molar-refractivity contribution >= 4 is 21.6 Å². The zero-order valence-electron chi connectivity index (χ0n) is 14.3. The second-order valence-electron chi connectivity index (χ2n) is 5.99. The standard InChI is InChI=1S/C17H18N6O3S/c18-27(25,26)11-14-6-8-15(9-7-14)20-17(24)16(23-12-19-21-22-23)10-13-4-2-1-3-5-13/h1-9,12,16H,10-11H2,(H,20,24)(H2,18,25,26). The lowest BCUT2D eigenvalue weighted by Gasteiger charge is -2.16. The first kappa shape index (κ1) is 18.7. The van der Waals surface area contributed by atoms with Gasteiger partial charge in [0.2, 0.25) is 15.9 Å². The van der Waals surface area contributed by atoms with Crippen LogP contribution in [-0.4, -0.2) is 34.5 Å². The molecule has 2 aromatic carbocycles. The number of nitrogens with two attached hydrogens (primary N) is 1. The number of anilines is 1. The number of nitrogens with zero attached hydrogens (tertiary/aromatic N) is 4. The maximum absolute atomic E-state index is 12.8. The molecule has 0 fully saturated rings. The minimum Gasteiger partial charge on any atom is -0.324 e. The number of primary sulfonamides is 1. The van der Waals surface area contributed by atoms with Gasteiger partial charge in [-0.05, 0) is 33.7 Å². The molecule has 0 bridgehead atoms. The molecule has 0 aliphatic rings. The van der Waals surface area contributed by atoms with E-state index in [2.05, 4.69) is 20.8 Å². The van der Waals surface area contributed by atoms with Gasteiger partial charge in [0.05, 0.1) is 5.75 Å². The normalized spacial score (nSPS) is 12.5. The Morgan fingerprint density at radius 3 is 2.37 bits per heavy atom. The van der Waals surface area contributed by atoms with Crippen molar-refractivity contribution in [2.45, 2.75) is 18.2 Å². The lowest BCUT2D eigenvalue weighted by atomic mass is 10.1. The van der Waals surface area contributed by atoms with Gasteiger partial charge in [-0.25, -0.2) is 18.2 Å². The Balaban J connectivity index is 1.74.